The van der Waals surface area contributed by atoms with Crippen LogP contribution in [0.15, 0.2) is 0 Å². The van der Waals surface area contributed by atoms with Crippen molar-refractivity contribution in [2.24, 2.45) is 7.05 Å². The van der Waals surface area contributed by atoms with Crippen molar-refractivity contribution in [2.45, 2.75) is 72.1 Å². The molecule has 1 amide bonds. The lowest BCUT2D eigenvalue weighted by molar-refractivity contribution is 0.0290. The van der Waals surface area contributed by atoms with Gasteiger partial charge in [0.05, 0.1) is 5.69 Å². The molecule has 1 aromatic heterocycles. The van der Waals surface area contributed by atoms with E-state index in [0.29, 0.717) is 18.6 Å². The fourth-order valence-corrected chi connectivity index (χ4v) is 3.27. The van der Waals surface area contributed by atoms with Crippen molar-refractivity contribution >= 4 is 6.09 Å². The molecule has 1 saturated heterocycles. The van der Waals surface area contributed by atoms with Crippen LogP contribution < -0.4 is 5.32 Å². The molecule has 24 heavy (non-hydrogen) atoms. The van der Waals surface area contributed by atoms with Crippen molar-refractivity contribution in [1.29, 1.82) is 0 Å². The van der Waals surface area contributed by atoms with Crippen LogP contribution in [0.3, 0.4) is 0 Å². The summed E-state index contributed by atoms with van der Waals surface area (Å²) in [5, 5.41) is 8.14. The molecule has 0 spiro atoms. The summed E-state index contributed by atoms with van der Waals surface area (Å²) in [6.45, 7) is 13.5. The third-order valence-corrected chi connectivity index (χ3v) is 4.53. The van der Waals surface area contributed by atoms with Crippen LogP contribution in [0.4, 0.5) is 4.79 Å². The van der Waals surface area contributed by atoms with E-state index in [1.165, 1.54) is 11.3 Å². The predicted octanol–water partition coefficient (Wildman–Crippen LogP) is 2.57. The number of amides is 1. The second-order valence-electron chi connectivity index (χ2n) is 7.96. The molecular formula is C18H32N4O2. The lowest BCUT2D eigenvalue weighted by Crippen LogP contribution is -2.41. The number of likely N-dealkylation sites (tertiary alicyclic amines) is 1. The SMILES string of the molecule is Cc1nn(C)c(C)c1C[C@@H](C)N[C@@H]1CCN(C(=O)OC(C)(C)C)C1. The number of hydrogen-bond acceptors (Lipinski definition) is 4. The van der Waals surface area contributed by atoms with Gasteiger partial charge in [-0.25, -0.2) is 4.79 Å². The maximum Gasteiger partial charge on any atom is 0.410 e. The van der Waals surface area contributed by atoms with Crippen molar-refractivity contribution in [3.8, 4) is 0 Å². The number of hydrogen-bond donors (Lipinski definition) is 1. The van der Waals surface area contributed by atoms with E-state index in [1.807, 2.05) is 32.5 Å². The first kappa shape index (κ1) is 18.8. The van der Waals surface area contributed by atoms with Crippen LogP contribution in [-0.2, 0) is 18.2 Å². The first-order valence-corrected chi connectivity index (χ1v) is 8.80. The molecule has 2 atom stereocenters. The van der Waals surface area contributed by atoms with Gasteiger partial charge in [-0.05, 0) is 59.9 Å². The first-order valence-electron chi connectivity index (χ1n) is 8.80. The van der Waals surface area contributed by atoms with E-state index in [0.717, 1.165) is 25.1 Å². The minimum Gasteiger partial charge on any atom is -0.444 e. The Morgan fingerprint density at radius 3 is 2.62 bits per heavy atom. The third kappa shape index (κ3) is 4.72. The Balaban J connectivity index is 1.85. The molecule has 0 aromatic carbocycles. The molecule has 1 aromatic rings. The molecule has 2 heterocycles. The number of rotatable bonds is 4. The molecule has 0 unspecified atom stereocenters. The highest BCUT2D eigenvalue weighted by Crippen LogP contribution is 2.18. The van der Waals surface area contributed by atoms with E-state index < -0.39 is 5.60 Å². The number of nitrogens with zero attached hydrogens (tertiary/aromatic N) is 3. The summed E-state index contributed by atoms with van der Waals surface area (Å²) in [6.07, 6.45) is 1.71. The minimum absolute atomic E-state index is 0.210. The Morgan fingerprint density at radius 2 is 2.08 bits per heavy atom. The van der Waals surface area contributed by atoms with Gasteiger partial charge in [-0.3, -0.25) is 4.68 Å². The largest absolute Gasteiger partial charge is 0.444 e. The second-order valence-corrected chi connectivity index (χ2v) is 7.96. The molecule has 0 aliphatic carbocycles. The molecule has 0 bridgehead atoms. The van der Waals surface area contributed by atoms with E-state index in [-0.39, 0.29) is 6.09 Å². The molecular weight excluding hydrogens is 304 g/mol. The molecule has 6 heteroatoms. The summed E-state index contributed by atoms with van der Waals surface area (Å²) in [5.74, 6) is 0. The summed E-state index contributed by atoms with van der Waals surface area (Å²) in [6, 6.07) is 0.667. The van der Waals surface area contributed by atoms with Crippen LogP contribution in [0.1, 0.15) is 51.1 Å². The molecule has 2 rings (SSSR count). The number of carbonyl (C=O) groups is 1. The van der Waals surface area contributed by atoms with Crippen molar-refractivity contribution in [1.82, 2.24) is 20.0 Å². The van der Waals surface area contributed by atoms with Crippen molar-refractivity contribution in [3.63, 3.8) is 0 Å². The van der Waals surface area contributed by atoms with Crippen molar-refractivity contribution < 1.29 is 9.53 Å². The predicted molar refractivity (Wildman–Crippen MR) is 95.2 cm³/mol. The fourth-order valence-electron chi connectivity index (χ4n) is 3.27. The second kappa shape index (κ2) is 7.13. The standard InChI is InChI=1S/C18H32N4O2/c1-12(10-16-13(2)20-21(7)14(16)3)19-15-8-9-22(11-15)17(23)24-18(4,5)6/h12,15,19H,8-11H2,1-7H3/t12-,15-/m1/s1. The van der Waals surface area contributed by atoms with Gasteiger partial charge in [0.2, 0.25) is 0 Å². The number of carbonyl (C=O) groups excluding carboxylic acids is 1. The molecule has 6 nitrogen and oxygen atoms in total. The van der Waals surface area contributed by atoms with Gasteiger partial charge in [0.15, 0.2) is 0 Å². The van der Waals surface area contributed by atoms with Crippen LogP contribution in [0.5, 0.6) is 0 Å². The molecule has 1 N–H and O–H groups in total. The van der Waals surface area contributed by atoms with Gasteiger partial charge >= 0.3 is 6.09 Å². The molecule has 1 aliphatic rings. The highest BCUT2D eigenvalue weighted by Gasteiger charge is 2.30. The maximum atomic E-state index is 12.1. The monoisotopic (exact) mass is 336 g/mol. The Hall–Kier alpha value is -1.56. The highest BCUT2D eigenvalue weighted by molar-refractivity contribution is 5.68. The van der Waals surface area contributed by atoms with Crippen molar-refractivity contribution in [2.75, 3.05) is 13.1 Å². The van der Waals surface area contributed by atoms with Gasteiger partial charge in [-0.1, -0.05) is 0 Å². The van der Waals surface area contributed by atoms with Crippen LogP contribution in [0.25, 0.3) is 0 Å². The highest BCUT2D eigenvalue weighted by atomic mass is 16.6. The zero-order valence-corrected chi connectivity index (χ0v) is 16.1. The Bertz CT molecular complexity index is 589. The Labute approximate surface area is 145 Å². The number of aromatic nitrogens is 2. The van der Waals surface area contributed by atoms with Gasteiger partial charge in [0.1, 0.15) is 5.60 Å². The van der Waals surface area contributed by atoms with Gasteiger partial charge in [0, 0.05) is 37.9 Å². The summed E-state index contributed by atoms with van der Waals surface area (Å²) in [4.78, 5) is 13.9. The number of aryl methyl sites for hydroxylation is 2. The Kier molecular flexibility index (Phi) is 5.58. The average molecular weight is 336 g/mol. The summed E-state index contributed by atoms with van der Waals surface area (Å²) in [5.41, 5.74) is 3.21. The third-order valence-electron chi connectivity index (χ3n) is 4.53. The molecule has 1 aliphatic heterocycles. The normalized spacial score (nSPS) is 19.6. The van der Waals surface area contributed by atoms with E-state index in [4.69, 9.17) is 4.74 Å². The van der Waals surface area contributed by atoms with Gasteiger partial charge in [-0.2, -0.15) is 5.10 Å². The molecule has 1 fully saturated rings. The number of ether oxygens (including phenoxy) is 1. The topological polar surface area (TPSA) is 59.4 Å². The van der Waals surface area contributed by atoms with Gasteiger partial charge in [0.25, 0.3) is 0 Å². The summed E-state index contributed by atoms with van der Waals surface area (Å²) in [7, 11) is 1.99. The van der Waals surface area contributed by atoms with Crippen LogP contribution in [0, 0.1) is 13.8 Å². The maximum absolute atomic E-state index is 12.1. The quantitative estimate of drug-likeness (QED) is 0.918. The molecule has 0 saturated carbocycles. The smallest absolute Gasteiger partial charge is 0.410 e. The van der Waals surface area contributed by atoms with Crippen LogP contribution in [0.2, 0.25) is 0 Å². The summed E-state index contributed by atoms with van der Waals surface area (Å²) >= 11 is 0. The zero-order chi connectivity index (χ0) is 18.1. The minimum atomic E-state index is -0.439. The van der Waals surface area contributed by atoms with E-state index in [9.17, 15) is 4.79 Å². The lowest BCUT2D eigenvalue weighted by atomic mass is 10.0. The average Bonchev–Trinajstić information content (AvgIpc) is 2.98. The lowest BCUT2D eigenvalue weighted by Gasteiger charge is -2.25. The Morgan fingerprint density at radius 1 is 1.42 bits per heavy atom. The zero-order valence-electron chi connectivity index (χ0n) is 16.1. The molecule has 0 radical (unpaired) electrons. The van der Waals surface area contributed by atoms with E-state index >= 15 is 0 Å². The first-order chi connectivity index (χ1) is 11.1. The van der Waals surface area contributed by atoms with Crippen LogP contribution >= 0.6 is 0 Å². The van der Waals surface area contributed by atoms with Gasteiger partial charge in [-0.15, -0.1) is 0 Å². The van der Waals surface area contributed by atoms with Gasteiger partial charge < -0.3 is 15.0 Å². The fraction of sp³-hybridized carbons (Fsp3) is 0.778. The number of nitrogens with one attached hydrogen (secondary N) is 1. The van der Waals surface area contributed by atoms with Crippen LogP contribution in [-0.4, -0.2) is 51.5 Å². The molecule has 136 valence electrons. The van der Waals surface area contributed by atoms with E-state index in [2.05, 4.69) is 31.2 Å². The van der Waals surface area contributed by atoms with Crippen molar-refractivity contribution in [3.05, 3.63) is 17.0 Å². The summed E-state index contributed by atoms with van der Waals surface area (Å²) < 4.78 is 7.39. The van der Waals surface area contributed by atoms with E-state index in [1.54, 1.807) is 4.90 Å².